The Labute approximate surface area is 163 Å². The van der Waals surface area contributed by atoms with Gasteiger partial charge in [-0.25, -0.2) is 8.78 Å². The Bertz CT molecular complexity index is 846. The summed E-state index contributed by atoms with van der Waals surface area (Å²) in [5, 5.41) is 10.2. The number of hydrogen-bond acceptors (Lipinski definition) is 3. The number of rotatable bonds is 5. The van der Waals surface area contributed by atoms with Crippen LogP contribution < -0.4 is 0 Å². The molecule has 2 aliphatic heterocycles. The van der Waals surface area contributed by atoms with E-state index in [1.165, 1.54) is 12.1 Å². The fourth-order valence-corrected chi connectivity index (χ4v) is 4.19. The standard InChI is InChI=1S/C22H24F2N2O2/c23-19-7-5-18(6-8-19)22(24,28)15-25-11-9-16(10-12-25)13-26-14-17-3-1-2-4-20(17)21(26)27/h1-8,16,28H,9-15H2. The summed E-state index contributed by atoms with van der Waals surface area (Å²) < 4.78 is 27.7. The van der Waals surface area contributed by atoms with Crippen LogP contribution in [0.3, 0.4) is 0 Å². The summed E-state index contributed by atoms with van der Waals surface area (Å²) in [5.41, 5.74) is 1.94. The van der Waals surface area contributed by atoms with E-state index in [0.29, 0.717) is 32.1 Å². The quantitative estimate of drug-likeness (QED) is 0.858. The van der Waals surface area contributed by atoms with Crippen LogP contribution in [-0.2, 0) is 12.4 Å². The van der Waals surface area contributed by atoms with Gasteiger partial charge in [0, 0.05) is 24.2 Å². The number of amides is 1. The fraction of sp³-hybridized carbons (Fsp3) is 0.409. The molecule has 0 aliphatic carbocycles. The normalized spacial score (nSPS) is 20.2. The number of nitrogens with zero attached hydrogens (tertiary/aromatic N) is 2. The Hall–Kier alpha value is -2.31. The van der Waals surface area contributed by atoms with E-state index in [1.54, 1.807) is 0 Å². The van der Waals surface area contributed by atoms with Crippen LogP contribution in [0.1, 0.15) is 34.3 Å². The predicted molar refractivity (Wildman–Crippen MR) is 102 cm³/mol. The molecule has 1 unspecified atom stereocenters. The van der Waals surface area contributed by atoms with Gasteiger partial charge in [0.1, 0.15) is 5.82 Å². The van der Waals surface area contributed by atoms with Crippen LogP contribution >= 0.6 is 0 Å². The Morgan fingerprint density at radius 1 is 1.07 bits per heavy atom. The lowest BCUT2D eigenvalue weighted by Crippen LogP contribution is -2.44. The molecule has 0 radical (unpaired) electrons. The second-order valence-electron chi connectivity index (χ2n) is 7.83. The van der Waals surface area contributed by atoms with E-state index < -0.39 is 11.7 Å². The number of benzene rings is 2. The number of likely N-dealkylation sites (tertiary alicyclic amines) is 1. The number of hydrogen-bond donors (Lipinski definition) is 1. The van der Waals surface area contributed by atoms with Crippen LogP contribution in [0.25, 0.3) is 0 Å². The number of carbonyl (C=O) groups excluding carboxylic acids is 1. The first kappa shape index (κ1) is 19.0. The van der Waals surface area contributed by atoms with Crippen LogP contribution in [0, 0.1) is 11.7 Å². The van der Waals surface area contributed by atoms with Crippen molar-refractivity contribution in [1.82, 2.24) is 9.80 Å². The molecule has 1 N–H and O–H groups in total. The summed E-state index contributed by atoms with van der Waals surface area (Å²) in [6, 6.07) is 12.6. The van der Waals surface area contributed by atoms with Crippen LogP contribution in [0.4, 0.5) is 8.78 Å². The smallest absolute Gasteiger partial charge is 0.254 e. The lowest BCUT2D eigenvalue weighted by atomic mass is 9.95. The van der Waals surface area contributed by atoms with Gasteiger partial charge in [0.05, 0.1) is 6.54 Å². The van der Waals surface area contributed by atoms with Gasteiger partial charge in [-0.3, -0.25) is 9.69 Å². The Morgan fingerprint density at radius 2 is 1.75 bits per heavy atom. The van der Waals surface area contributed by atoms with Gasteiger partial charge >= 0.3 is 0 Å². The number of alkyl halides is 1. The summed E-state index contributed by atoms with van der Waals surface area (Å²) >= 11 is 0. The van der Waals surface area contributed by atoms with Crippen molar-refractivity contribution in [3.05, 3.63) is 71.0 Å². The summed E-state index contributed by atoms with van der Waals surface area (Å²) in [5.74, 6) is -2.51. The molecule has 1 amide bonds. The molecular formula is C22H24F2N2O2. The zero-order valence-corrected chi connectivity index (χ0v) is 15.7. The van der Waals surface area contributed by atoms with Crippen molar-refractivity contribution in [2.75, 3.05) is 26.2 Å². The molecule has 0 bridgehead atoms. The zero-order valence-electron chi connectivity index (χ0n) is 15.7. The van der Waals surface area contributed by atoms with Gasteiger partial charge in [-0.15, -0.1) is 0 Å². The maximum absolute atomic E-state index is 14.7. The van der Waals surface area contributed by atoms with Crippen molar-refractivity contribution in [3.63, 3.8) is 0 Å². The molecular weight excluding hydrogens is 362 g/mol. The molecule has 28 heavy (non-hydrogen) atoms. The predicted octanol–water partition coefficient (Wildman–Crippen LogP) is 3.31. The summed E-state index contributed by atoms with van der Waals surface area (Å²) in [6.07, 6.45) is 1.69. The number of aliphatic hydroxyl groups is 1. The third kappa shape index (κ3) is 3.93. The monoisotopic (exact) mass is 386 g/mol. The van der Waals surface area contributed by atoms with E-state index in [9.17, 15) is 18.7 Å². The fourth-order valence-electron chi connectivity index (χ4n) is 4.19. The van der Waals surface area contributed by atoms with Crippen LogP contribution in [0.15, 0.2) is 48.5 Å². The van der Waals surface area contributed by atoms with Crippen molar-refractivity contribution in [1.29, 1.82) is 0 Å². The van der Waals surface area contributed by atoms with Gasteiger partial charge in [-0.1, -0.05) is 30.3 Å². The largest absolute Gasteiger partial charge is 0.357 e. The lowest BCUT2D eigenvalue weighted by Gasteiger charge is -2.36. The topological polar surface area (TPSA) is 43.8 Å². The van der Waals surface area contributed by atoms with E-state index in [1.807, 2.05) is 34.1 Å². The summed E-state index contributed by atoms with van der Waals surface area (Å²) in [7, 11) is 0. The average molecular weight is 386 g/mol. The maximum Gasteiger partial charge on any atom is 0.254 e. The molecule has 1 fully saturated rings. The molecule has 0 saturated carbocycles. The number of β-amino-alcohol motifs (C(OH)–C–C–N with tert-alkyl or cyclic N) is 1. The Balaban J connectivity index is 1.29. The molecule has 1 atom stereocenters. The molecule has 2 aromatic rings. The lowest BCUT2D eigenvalue weighted by molar-refractivity contribution is -0.119. The molecule has 2 aliphatic rings. The Morgan fingerprint density at radius 3 is 2.43 bits per heavy atom. The van der Waals surface area contributed by atoms with E-state index in [-0.39, 0.29) is 18.0 Å². The summed E-state index contributed by atoms with van der Waals surface area (Å²) in [4.78, 5) is 16.3. The molecule has 1 saturated heterocycles. The van der Waals surface area contributed by atoms with Gasteiger partial charge in [-0.05, 0) is 55.6 Å². The van der Waals surface area contributed by atoms with Gasteiger partial charge in [0.15, 0.2) is 0 Å². The first-order valence-corrected chi connectivity index (χ1v) is 9.69. The minimum atomic E-state index is -2.51. The molecule has 148 valence electrons. The van der Waals surface area contributed by atoms with Gasteiger partial charge in [0.2, 0.25) is 5.85 Å². The number of carbonyl (C=O) groups is 1. The van der Waals surface area contributed by atoms with E-state index >= 15 is 0 Å². The molecule has 4 rings (SSSR count). The van der Waals surface area contributed by atoms with Crippen molar-refractivity contribution in [2.45, 2.75) is 25.2 Å². The Kier molecular flexibility index (Phi) is 5.17. The highest BCUT2D eigenvalue weighted by Gasteiger charge is 2.34. The molecule has 0 spiro atoms. The molecule has 4 nitrogen and oxygen atoms in total. The third-order valence-electron chi connectivity index (χ3n) is 5.80. The minimum Gasteiger partial charge on any atom is -0.357 e. The minimum absolute atomic E-state index is 0.0662. The highest BCUT2D eigenvalue weighted by atomic mass is 19.2. The van der Waals surface area contributed by atoms with Gasteiger partial charge < -0.3 is 10.0 Å². The number of piperidine rings is 1. The summed E-state index contributed by atoms with van der Waals surface area (Å²) in [6.45, 7) is 2.54. The molecule has 0 aromatic heterocycles. The van der Waals surface area contributed by atoms with E-state index in [2.05, 4.69) is 0 Å². The molecule has 6 heteroatoms. The van der Waals surface area contributed by atoms with E-state index in [0.717, 1.165) is 36.1 Å². The highest BCUT2D eigenvalue weighted by molar-refractivity contribution is 5.98. The number of fused-ring (bicyclic) bond motifs is 1. The van der Waals surface area contributed by atoms with E-state index in [4.69, 9.17) is 0 Å². The number of halogens is 2. The van der Waals surface area contributed by atoms with Crippen molar-refractivity contribution >= 4 is 5.91 Å². The second kappa shape index (κ2) is 7.60. The SMILES string of the molecule is O=C1c2ccccc2CN1CC1CCN(CC(O)(F)c2ccc(F)cc2)CC1. The van der Waals surface area contributed by atoms with Crippen molar-refractivity contribution in [2.24, 2.45) is 5.92 Å². The molecule has 2 heterocycles. The maximum atomic E-state index is 14.7. The van der Waals surface area contributed by atoms with Gasteiger partial charge in [-0.2, -0.15) is 0 Å². The first-order chi connectivity index (χ1) is 13.4. The first-order valence-electron chi connectivity index (χ1n) is 9.69. The third-order valence-corrected chi connectivity index (χ3v) is 5.80. The zero-order chi connectivity index (χ0) is 19.7. The molecule has 2 aromatic carbocycles. The van der Waals surface area contributed by atoms with Crippen molar-refractivity contribution < 1.29 is 18.7 Å². The van der Waals surface area contributed by atoms with Crippen LogP contribution in [0.5, 0.6) is 0 Å². The van der Waals surface area contributed by atoms with Crippen molar-refractivity contribution in [3.8, 4) is 0 Å². The highest BCUT2D eigenvalue weighted by Crippen LogP contribution is 2.29. The average Bonchev–Trinajstić information content (AvgIpc) is 2.99. The van der Waals surface area contributed by atoms with Gasteiger partial charge in [0.25, 0.3) is 5.91 Å². The van der Waals surface area contributed by atoms with Crippen LogP contribution in [0.2, 0.25) is 0 Å². The second-order valence-corrected chi connectivity index (χ2v) is 7.83. The van der Waals surface area contributed by atoms with Crippen LogP contribution in [-0.4, -0.2) is 47.0 Å².